The van der Waals surface area contributed by atoms with E-state index in [1.807, 2.05) is 23.1 Å². The van der Waals surface area contributed by atoms with Gasteiger partial charge < -0.3 is 19.7 Å². The van der Waals surface area contributed by atoms with E-state index in [0.717, 1.165) is 24.9 Å². The van der Waals surface area contributed by atoms with Gasteiger partial charge in [0.1, 0.15) is 0 Å². The van der Waals surface area contributed by atoms with Crippen molar-refractivity contribution >= 4 is 17.9 Å². The highest BCUT2D eigenvalue weighted by molar-refractivity contribution is 5.91. The van der Waals surface area contributed by atoms with Gasteiger partial charge in [0.05, 0.1) is 13.7 Å². The second kappa shape index (κ2) is 10.6. The molecule has 1 N–H and O–H groups in total. The summed E-state index contributed by atoms with van der Waals surface area (Å²) in [6, 6.07) is 5.59. The summed E-state index contributed by atoms with van der Waals surface area (Å²) in [6.07, 6.45) is 5.61. The predicted octanol–water partition coefficient (Wildman–Crippen LogP) is 2.87. The Labute approximate surface area is 161 Å². The maximum Gasteiger partial charge on any atom is 0.244 e. The van der Waals surface area contributed by atoms with E-state index < -0.39 is 0 Å². The first-order valence-electron chi connectivity index (χ1n) is 9.54. The number of carbonyl (C=O) groups is 2. The number of hydrogen-bond donors (Lipinski definition) is 1. The Bertz CT molecular complexity index is 670. The Morgan fingerprint density at radius 3 is 2.81 bits per heavy atom. The fourth-order valence-corrected chi connectivity index (χ4v) is 2.82. The molecule has 6 nitrogen and oxygen atoms in total. The first-order chi connectivity index (χ1) is 13.0. The molecule has 1 aliphatic rings. The molecule has 0 saturated carbocycles. The largest absolute Gasteiger partial charge is 0.493 e. The fraction of sp³-hybridized carbons (Fsp3) is 0.524. The van der Waals surface area contributed by atoms with E-state index in [0.29, 0.717) is 43.5 Å². The third-order valence-electron chi connectivity index (χ3n) is 4.26. The summed E-state index contributed by atoms with van der Waals surface area (Å²) in [7, 11) is 1.60. The lowest BCUT2D eigenvalue weighted by Crippen LogP contribution is -2.29. The van der Waals surface area contributed by atoms with E-state index in [2.05, 4.69) is 19.2 Å². The standard InChI is InChI=1S/C21H30N2O4/c1-16(2)15-27-18-9-7-17(14-19(18)26-3)8-10-20(24)22-11-5-13-23-12-4-6-21(23)25/h7-10,14,16H,4-6,11-13,15H2,1-3H3,(H,22,24)/b10-8+. The van der Waals surface area contributed by atoms with Crippen molar-refractivity contribution in [3.8, 4) is 11.5 Å². The summed E-state index contributed by atoms with van der Waals surface area (Å²) < 4.78 is 11.1. The number of nitrogens with one attached hydrogen (secondary N) is 1. The van der Waals surface area contributed by atoms with Crippen LogP contribution in [0.25, 0.3) is 6.08 Å². The van der Waals surface area contributed by atoms with Crippen molar-refractivity contribution in [2.24, 2.45) is 5.92 Å². The highest BCUT2D eigenvalue weighted by Crippen LogP contribution is 2.28. The molecule has 2 amide bonds. The van der Waals surface area contributed by atoms with E-state index in [4.69, 9.17) is 9.47 Å². The van der Waals surface area contributed by atoms with Gasteiger partial charge >= 0.3 is 0 Å². The molecule has 0 bridgehead atoms. The van der Waals surface area contributed by atoms with Gasteiger partial charge in [-0.1, -0.05) is 19.9 Å². The molecule has 2 rings (SSSR count). The van der Waals surface area contributed by atoms with Crippen LogP contribution in [0.3, 0.4) is 0 Å². The number of rotatable bonds is 10. The Kier molecular flexibility index (Phi) is 8.17. The van der Waals surface area contributed by atoms with Crippen LogP contribution in [0.4, 0.5) is 0 Å². The highest BCUT2D eigenvalue weighted by atomic mass is 16.5. The van der Waals surface area contributed by atoms with E-state index >= 15 is 0 Å². The number of ether oxygens (including phenoxy) is 2. The van der Waals surface area contributed by atoms with Crippen LogP contribution < -0.4 is 14.8 Å². The molecule has 0 aromatic heterocycles. The van der Waals surface area contributed by atoms with Crippen molar-refractivity contribution in [3.63, 3.8) is 0 Å². The molecule has 1 heterocycles. The summed E-state index contributed by atoms with van der Waals surface area (Å²) in [4.78, 5) is 25.3. The van der Waals surface area contributed by atoms with Gasteiger partial charge in [0.2, 0.25) is 11.8 Å². The average molecular weight is 374 g/mol. The van der Waals surface area contributed by atoms with Gasteiger partial charge in [-0.15, -0.1) is 0 Å². The van der Waals surface area contributed by atoms with Crippen molar-refractivity contribution in [1.29, 1.82) is 0 Å². The van der Waals surface area contributed by atoms with Crippen LogP contribution in [0.1, 0.15) is 38.7 Å². The Hall–Kier alpha value is -2.50. The van der Waals surface area contributed by atoms with Crippen molar-refractivity contribution < 1.29 is 19.1 Å². The molecule has 148 valence electrons. The molecule has 1 aromatic carbocycles. The van der Waals surface area contributed by atoms with E-state index in [-0.39, 0.29) is 11.8 Å². The molecule has 0 radical (unpaired) electrons. The lowest BCUT2D eigenvalue weighted by atomic mass is 10.2. The molecular formula is C21H30N2O4. The van der Waals surface area contributed by atoms with Gasteiger partial charge in [-0.25, -0.2) is 0 Å². The van der Waals surface area contributed by atoms with Crippen molar-refractivity contribution in [1.82, 2.24) is 10.2 Å². The summed E-state index contributed by atoms with van der Waals surface area (Å²) in [6.45, 7) is 6.90. The Balaban J connectivity index is 1.78. The molecule has 1 aliphatic heterocycles. The maximum atomic E-state index is 11.9. The number of carbonyl (C=O) groups excluding carboxylic acids is 2. The lowest BCUT2D eigenvalue weighted by Gasteiger charge is -2.14. The molecule has 27 heavy (non-hydrogen) atoms. The lowest BCUT2D eigenvalue weighted by molar-refractivity contribution is -0.127. The van der Waals surface area contributed by atoms with Gasteiger partial charge in [0.25, 0.3) is 0 Å². The molecule has 1 fully saturated rings. The van der Waals surface area contributed by atoms with Gasteiger partial charge in [-0.05, 0) is 42.5 Å². The molecule has 0 unspecified atom stereocenters. The minimum Gasteiger partial charge on any atom is -0.493 e. The Morgan fingerprint density at radius 1 is 1.33 bits per heavy atom. The first kappa shape index (κ1) is 20.8. The summed E-state index contributed by atoms with van der Waals surface area (Å²) >= 11 is 0. The number of methoxy groups -OCH3 is 1. The zero-order valence-corrected chi connectivity index (χ0v) is 16.5. The second-order valence-electron chi connectivity index (χ2n) is 7.08. The van der Waals surface area contributed by atoms with Crippen molar-refractivity contribution in [2.75, 3.05) is 33.4 Å². The smallest absolute Gasteiger partial charge is 0.244 e. The van der Waals surface area contributed by atoms with Gasteiger partial charge in [-0.3, -0.25) is 9.59 Å². The van der Waals surface area contributed by atoms with Crippen LogP contribution in [-0.2, 0) is 9.59 Å². The zero-order valence-electron chi connectivity index (χ0n) is 16.5. The summed E-state index contributed by atoms with van der Waals surface area (Å²) in [5.74, 6) is 1.84. The second-order valence-corrected chi connectivity index (χ2v) is 7.08. The average Bonchev–Trinajstić information content (AvgIpc) is 3.06. The number of likely N-dealkylation sites (tertiary alicyclic amines) is 1. The molecule has 0 aliphatic carbocycles. The van der Waals surface area contributed by atoms with Crippen molar-refractivity contribution in [2.45, 2.75) is 33.1 Å². The fourth-order valence-electron chi connectivity index (χ4n) is 2.82. The SMILES string of the molecule is COc1cc(/C=C/C(=O)NCCCN2CCCC2=O)ccc1OCC(C)C. The van der Waals surface area contributed by atoms with Gasteiger partial charge in [0.15, 0.2) is 11.5 Å². The molecule has 0 atom stereocenters. The molecule has 1 saturated heterocycles. The quantitative estimate of drug-likeness (QED) is 0.505. The predicted molar refractivity (Wildman–Crippen MR) is 106 cm³/mol. The number of nitrogens with zero attached hydrogens (tertiary/aromatic N) is 1. The van der Waals surface area contributed by atoms with E-state index in [1.54, 1.807) is 13.2 Å². The van der Waals surface area contributed by atoms with Gasteiger partial charge in [0, 0.05) is 32.1 Å². The summed E-state index contributed by atoms with van der Waals surface area (Å²) in [5.41, 5.74) is 0.863. The minimum absolute atomic E-state index is 0.151. The van der Waals surface area contributed by atoms with Crippen LogP contribution in [-0.4, -0.2) is 50.1 Å². The van der Waals surface area contributed by atoms with Crippen LogP contribution in [0, 0.1) is 5.92 Å². The van der Waals surface area contributed by atoms with Crippen LogP contribution in [0.2, 0.25) is 0 Å². The third-order valence-corrected chi connectivity index (χ3v) is 4.26. The minimum atomic E-state index is -0.151. The Morgan fingerprint density at radius 2 is 2.15 bits per heavy atom. The third kappa shape index (κ3) is 6.96. The normalized spacial score (nSPS) is 14.2. The zero-order chi connectivity index (χ0) is 19.6. The van der Waals surface area contributed by atoms with Crippen LogP contribution >= 0.6 is 0 Å². The first-order valence-corrected chi connectivity index (χ1v) is 9.54. The summed E-state index contributed by atoms with van der Waals surface area (Å²) in [5, 5.41) is 2.84. The molecule has 0 spiro atoms. The molecule has 6 heteroatoms. The number of hydrogen-bond acceptors (Lipinski definition) is 4. The number of amides is 2. The number of benzene rings is 1. The molecule has 1 aromatic rings. The van der Waals surface area contributed by atoms with Gasteiger partial charge in [-0.2, -0.15) is 0 Å². The van der Waals surface area contributed by atoms with Crippen LogP contribution in [0.15, 0.2) is 24.3 Å². The van der Waals surface area contributed by atoms with E-state index in [1.165, 1.54) is 6.08 Å². The molecular weight excluding hydrogens is 344 g/mol. The van der Waals surface area contributed by atoms with Crippen LogP contribution in [0.5, 0.6) is 11.5 Å². The van der Waals surface area contributed by atoms with Crippen molar-refractivity contribution in [3.05, 3.63) is 29.8 Å². The highest BCUT2D eigenvalue weighted by Gasteiger charge is 2.18. The van der Waals surface area contributed by atoms with E-state index in [9.17, 15) is 9.59 Å². The monoisotopic (exact) mass is 374 g/mol. The topological polar surface area (TPSA) is 67.9 Å². The maximum absolute atomic E-state index is 11.9.